The second-order valence-corrected chi connectivity index (χ2v) is 2.93. The van der Waals surface area contributed by atoms with Gasteiger partial charge in [0.2, 0.25) is 0 Å². The highest BCUT2D eigenvalue weighted by Crippen LogP contribution is 2.00. The molecule has 0 amide bonds. The lowest BCUT2D eigenvalue weighted by atomic mass is 10.2. The van der Waals surface area contributed by atoms with Crippen molar-refractivity contribution >= 4 is 5.82 Å². The highest BCUT2D eigenvalue weighted by molar-refractivity contribution is 5.19. The van der Waals surface area contributed by atoms with Crippen LogP contribution in [0, 0.1) is 0 Å². The predicted molar refractivity (Wildman–Crippen MR) is 48.6 cm³/mol. The minimum Gasteiger partial charge on any atom is -0.381 e. The molecule has 4 heteroatoms. The van der Waals surface area contributed by atoms with Gasteiger partial charge in [0.25, 0.3) is 0 Å². The molecule has 0 aliphatic rings. The fourth-order valence-corrected chi connectivity index (χ4v) is 1.10. The summed E-state index contributed by atoms with van der Waals surface area (Å²) in [6.07, 6.45) is 6.52. The van der Waals surface area contributed by atoms with Crippen LogP contribution in [0.5, 0.6) is 0 Å². The normalized spacial score (nSPS) is 10.4. The van der Waals surface area contributed by atoms with Gasteiger partial charge >= 0.3 is 0 Å². The maximum Gasteiger partial charge on any atom is 0.165 e. The first-order valence-corrected chi connectivity index (χ1v) is 4.48. The van der Waals surface area contributed by atoms with Gasteiger partial charge in [-0.2, -0.15) is 9.90 Å². The Kier molecular flexibility index (Phi) is 3.57. The molecular weight excluding hydrogens is 152 g/mol. The molecule has 0 spiro atoms. The van der Waals surface area contributed by atoms with Crippen molar-refractivity contribution in [3.05, 3.63) is 6.20 Å². The van der Waals surface area contributed by atoms with E-state index in [1.165, 1.54) is 19.3 Å². The van der Waals surface area contributed by atoms with Crippen LogP contribution in [-0.2, 0) is 6.54 Å². The predicted octanol–water partition coefficient (Wildman–Crippen LogP) is 1.44. The number of nitrogens with zero attached hydrogens (tertiary/aromatic N) is 3. The molecule has 68 valence electrons. The fourth-order valence-electron chi connectivity index (χ4n) is 1.10. The van der Waals surface area contributed by atoms with Crippen LogP contribution >= 0.6 is 0 Å². The van der Waals surface area contributed by atoms with Gasteiger partial charge in [0.1, 0.15) is 0 Å². The Morgan fingerprint density at radius 3 is 2.83 bits per heavy atom. The number of anilines is 1. The third kappa shape index (κ3) is 2.90. The third-order valence-corrected chi connectivity index (χ3v) is 1.77. The summed E-state index contributed by atoms with van der Waals surface area (Å²) in [6.45, 7) is 3.08. The van der Waals surface area contributed by atoms with Crippen molar-refractivity contribution in [2.75, 3.05) is 5.73 Å². The number of aromatic nitrogens is 3. The fraction of sp³-hybridized carbons (Fsp3) is 0.750. The SMILES string of the molecule is CCCCCCn1ncc(N)n1. The number of hydrogen-bond acceptors (Lipinski definition) is 3. The van der Waals surface area contributed by atoms with Crippen molar-refractivity contribution in [2.24, 2.45) is 0 Å². The van der Waals surface area contributed by atoms with Crippen LogP contribution in [0.25, 0.3) is 0 Å². The van der Waals surface area contributed by atoms with Gasteiger partial charge in [0, 0.05) is 0 Å². The van der Waals surface area contributed by atoms with Crippen molar-refractivity contribution < 1.29 is 0 Å². The average Bonchev–Trinajstić information content (AvgIpc) is 2.45. The molecule has 0 bridgehead atoms. The Morgan fingerprint density at radius 2 is 2.25 bits per heavy atom. The van der Waals surface area contributed by atoms with E-state index in [-0.39, 0.29) is 0 Å². The molecule has 0 aromatic carbocycles. The molecule has 0 aliphatic heterocycles. The number of hydrogen-bond donors (Lipinski definition) is 1. The zero-order valence-electron chi connectivity index (χ0n) is 7.53. The Labute approximate surface area is 72.8 Å². The molecule has 1 heterocycles. The van der Waals surface area contributed by atoms with E-state index in [2.05, 4.69) is 17.1 Å². The first-order valence-electron chi connectivity index (χ1n) is 4.48. The Morgan fingerprint density at radius 1 is 1.42 bits per heavy atom. The molecule has 0 radical (unpaired) electrons. The molecule has 4 nitrogen and oxygen atoms in total. The van der Waals surface area contributed by atoms with Crippen molar-refractivity contribution in [3.63, 3.8) is 0 Å². The first kappa shape index (κ1) is 9.03. The summed E-state index contributed by atoms with van der Waals surface area (Å²) >= 11 is 0. The summed E-state index contributed by atoms with van der Waals surface area (Å²) in [6, 6.07) is 0. The second kappa shape index (κ2) is 4.74. The molecule has 0 aliphatic carbocycles. The molecule has 1 aromatic rings. The Balaban J connectivity index is 2.15. The largest absolute Gasteiger partial charge is 0.381 e. The molecule has 0 saturated carbocycles. The number of unbranched alkanes of at least 4 members (excludes halogenated alkanes) is 3. The highest BCUT2D eigenvalue weighted by atomic mass is 15.5. The number of nitrogens with two attached hydrogens (primary N) is 1. The highest BCUT2D eigenvalue weighted by Gasteiger charge is 1.94. The standard InChI is InChI=1S/C8H16N4/c1-2-3-4-5-6-12-10-7-8(9)11-12/h7H,2-6H2,1H3,(H2,9,11). The third-order valence-electron chi connectivity index (χ3n) is 1.77. The molecule has 12 heavy (non-hydrogen) atoms. The van der Waals surface area contributed by atoms with E-state index in [1.54, 1.807) is 11.0 Å². The van der Waals surface area contributed by atoms with Crippen LogP contribution in [0.4, 0.5) is 5.82 Å². The van der Waals surface area contributed by atoms with E-state index in [1.807, 2.05) is 0 Å². The Bertz CT molecular complexity index is 219. The van der Waals surface area contributed by atoms with E-state index in [0.717, 1.165) is 13.0 Å². The summed E-state index contributed by atoms with van der Waals surface area (Å²) in [5.41, 5.74) is 5.41. The maximum atomic E-state index is 5.41. The smallest absolute Gasteiger partial charge is 0.165 e. The summed E-state index contributed by atoms with van der Waals surface area (Å²) in [5.74, 6) is 0.505. The monoisotopic (exact) mass is 168 g/mol. The molecule has 0 fully saturated rings. The quantitative estimate of drug-likeness (QED) is 0.677. The van der Waals surface area contributed by atoms with Gasteiger partial charge in [0.15, 0.2) is 5.82 Å². The molecule has 0 unspecified atom stereocenters. The molecule has 1 rings (SSSR count). The van der Waals surface area contributed by atoms with Crippen LogP contribution in [0.2, 0.25) is 0 Å². The topological polar surface area (TPSA) is 56.7 Å². The van der Waals surface area contributed by atoms with Gasteiger partial charge in [-0.05, 0) is 6.42 Å². The van der Waals surface area contributed by atoms with E-state index < -0.39 is 0 Å². The molecule has 2 N–H and O–H groups in total. The molecule has 1 aromatic heterocycles. The van der Waals surface area contributed by atoms with Crippen molar-refractivity contribution in [2.45, 2.75) is 39.2 Å². The van der Waals surface area contributed by atoms with E-state index in [4.69, 9.17) is 5.73 Å². The van der Waals surface area contributed by atoms with Crippen LogP contribution in [-0.4, -0.2) is 15.0 Å². The van der Waals surface area contributed by atoms with Gasteiger partial charge in [-0.3, -0.25) is 0 Å². The zero-order valence-corrected chi connectivity index (χ0v) is 7.53. The van der Waals surface area contributed by atoms with Gasteiger partial charge < -0.3 is 5.73 Å². The maximum absolute atomic E-state index is 5.41. The minimum atomic E-state index is 0.505. The van der Waals surface area contributed by atoms with Crippen LogP contribution in [0.3, 0.4) is 0 Å². The molecular formula is C8H16N4. The lowest BCUT2D eigenvalue weighted by molar-refractivity contribution is 0.491. The van der Waals surface area contributed by atoms with Crippen LogP contribution in [0.15, 0.2) is 6.20 Å². The van der Waals surface area contributed by atoms with Gasteiger partial charge in [-0.1, -0.05) is 26.2 Å². The summed E-state index contributed by atoms with van der Waals surface area (Å²) in [4.78, 5) is 1.66. The Hall–Kier alpha value is -1.06. The number of nitrogen functional groups attached to an aromatic ring is 1. The zero-order chi connectivity index (χ0) is 8.81. The number of aryl methyl sites for hydroxylation is 1. The summed E-state index contributed by atoms with van der Waals surface area (Å²) in [5, 5.41) is 7.99. The number of rotatable bonds is 5. The molecule has 0 atom stereocenters. The van der Waals surface area contributed by atoms with Crippen molar-refractivity contribution in [1.29, 1.82) is 0 Å². The van der Waals surface area contributed by atoms with Crippen LogP contribution < -0.4 is 5.73 Å². The van der Waals surface area contributed by atoms with Gasteiger partial charge in [-0.15, -0.1) is 5.10 Å². The van der Waals surface area contributed by atoms with Gasteiger partial charge in [-0.25, -0.2) is 0 Å². The summed E-state index contributed by atoms with van der Waals surface area (Å²) in [7, 11) is 0. The lowest BCUT2D eigenvalue weighted by Crippen LogP contribution is -2.02. The first-order chi connectivity index (χ1) is 5.83. The molecule has 0 saturated heterocycles. The van der Waals surface area contributed by atoms with E-state index >= 15 is 0 Å². The minimum absolute atomic E-state index is 0.505. The van der Waals surface area contributed by atoms with Gasteiger partial charge in [0.05, 0.1) is 12.7 Å². The van der Waals surface area contributed by atoms with E-state index in [0.29, 0.717) is 5.82 Å². The lowest BCUT2D eigenvalue weighted by Gasteiger charge is -1.97. The van der Waals surface area contributed by atoms with Crippen molar-refractivity contribution in [3.8, 4) is 0 Å². The van der Waals surface area contributed by atoms with Crippen molar-refractivity contribution in [1.82, 2.24) is 15.0 Å². The second-order valence-electron chi connectivity index (χ2n) is 2.93. The average molecular weight is 168 g/mol. The summed E-state index contributed by atoms with van der Waals surface area (Å²) < 4.78 is 0. The van der Waals surface area contributed by atoms with Crippen LogP contribution in [0.1, 0.15) is 32.6 Å². The van der Waals surface area contributed by atoms with E-state index in [9.17, 15) is 0 Å².